The van der Waals surface area contributed by atoms with Crippen LogP contribution in [0.3, 0.4) is 0 Å². The van der Waals surface area contributed by atoms with E-state index in [9.17, 15) is 14.0 Å². The predicted octanol–water partition coefficient (Wildman–Crippen LogP) is 4.36. The fourth-order valence-electron chi connectivity index (χ4n) is 4.92. The van der Waals surface area contributed by atoms with Crippen molar-refractivity contribution in [3.8, 4) is 0 Å². The lowest BCUT2D eigenvalue weighted by molar-refractivity contribution is -0.116. The number of likely N-dealkylation sites (tertiary alicyclic amines) is 1. The Morgan fingerprint density at radius 2 is 2.00 bits per heavy atom. The number of alkyl halides is 1. The summed E-state index contributed by atoms with van der Waals surface area (Å²) in [6.07, 6.45) is 1.64. The third-order valence-corrected chi connectivity index (χ3v) is 7.00. The quantitative estimate of drug-likeness (QED) is 0.641. The Morgan fingerprint density at radius 1 is 1.15 bits per heavy atom. The Labute approximate surface area is 193 Å². The first-order chi connectivity index (χ1) is 16.1. The highest BCUT2D eigenvalue weighted by molar-refractivity contribution is 5.93. The van der Waals surface area contributed by atoms with Gasteiger partial charge in [-0.05, 0) is 54.5 Å². The zero-order valence-electron chi connectivity index (χ0n) is 18.6. The fraction of sp³-hybridized carbons (Fsp3) is 0.462. The highest BCUT2D eigenvalue weighted by Crippen LogP contribution is 2.42. The molecule has 3 aliphatic rings. The second-order valence-electron chi connectivity index (χ2n) is 9.38. The fourth-order valence-corrected chi connectivity index (χ4v) is 4.92. The molecule has 1 aliphatic carbocycles. The van der Waals surface area contributed by atoms with E-state index in [1.165, 1.54) is 16.0 Å². The number of benzene rings is 2. The molecule has 174 valence electrons. The molecule has 2 heterocycles. The molecule has 2 aromatic carbocycles. The molecule has 33 heavy (non-hydrogen) atoms. The van der Waals surface area contributed by atoms with Crippen LogP contribution in [0.1, 0.15) is 48.3 Å². The first-order valence-electron chi connectivity index (χ1n) is 11.8. The van der Waals surface area contributed by atoms with Crippen molar-refractivity contribution in [1.82, 2.24) is 10.2 Å². The number of nitrogens with zero attached hydrogens (tertiary/aromatic N) is 1. The van der Waals surface area contributed by atoms with Gasteiger partial charge in [-0.2, -0.15) is 0 Å². The number of amides is 2. The van der Waals surface area contributed by atoms with Crippen molar-refractivity contribution >= 4 is 17.7 Å². The second-order valence-corrected chi connectivity index (χ2v) is 9.38. The van der Waals surface area contributed by atoms with Gasteiger partial charge >= 0.3 is 6.09 Å². The van der Waals surface area contributed by atoms with Crippen molar-refractivity contribution in [1.29, 1.82) is 0 Å². The van der Waals surface area contributed by atoms with Crippen LogP contribution in [-0.4, -0.2) is 42.3 Å². The maximum atomic E-state index is 14.7. The van der Waals surface area contributed by atoms with Crippen molar-refractivity contribution in [2.75, 3.05) is 18.4 Å². The number of piperidine rings is 1. The van der Waals surface area contributed by atoms with Crippen molar-refractivity contribution < 1.29 is 18.7 Å². The number of hydrogen-bond donors (Lipinski definition) is 2. The predicted molar refractivity (Wildman–Crippen MR) is 123 cm³/mol. The number of ether oxygens (including phenoxy) is 1. The molecule has 2 amide bonds. The molecule has 1 saturated heterocycles. The molecule has 2 unspecified atom stereocenters. The number of hydrogen-bond acceptors (Lipinski definition) is 4. The minimum Gasteiger partial charge on any atom is -0.444 e. The van der Waals surface area contributed by atoms with E-state index in [-0.39, 0.29) is 18.4 Å². The summed E-state index contributed by atoms with van der Waals surface area (Å²) in [4.78, 5) is 25.1. The summed E-state index contributed by atoms with van der Waals surface area (Å²) in [6.45, 7) is 1.30. The van der Waals surface area contributed by atoms with Crippen molar-refractivity contribution in [2.45, 2.75) is 57.0 Å². The van der Waals surface area contributed by atoms with Gasteiger partial charge < -0.3 is 15.4 Å². The smallest absolute Gasteiger partial charge is 0.412 e. The molecule has 0 bridgehead atoms. The van der Waals surface area contributed by atoms with Crippen LogP contribution < -0.4 is 10.6 Å². The monoisotopic (exact) mass is 451 g/mol. The van der Waals surface area contributed by atoms with Crippen LogP contribution in [0.25, 0.3) is 0 Å². The molecule has 2 aliphatic heterocycles. The Balaban J connectivity index is 1.05. The highest BCUT2D eigenvalue weighted by Gasteiger charge is 2.39. The van der Waals surface area contributed by atoms with Crippen molar-refractivity contribution in [3.63, 3.8) is 0 Å². The van der Waals surface area contributed by atoms with E-state index in [0.717, 1.165) is 37.1 Å². The number of carbonyl (C=O) groups excluding carboxylic acids is 2. The van der Waals surface area contributed by atoms with Gasteiger partial charge in [-0.25, -0.2) is 9.18 Å². The summed E-state index contributed by atoms with van der Waals surface area (Å²) < 4.78 is 20.0. The molecule has 0 radical (unpaired) electrons. The third kappa shape index (κ3) is 5.19. The molecule has 0 spiro atoms. The lowest BCUT2D eigenvalue weighted by atomic mass is 9.96. The minimum absolute atomic E-state index is 0.0860. The molecular weight excluding hydrogens is 421 g/mol. The van der Waals surface area contributed by atoms with Gasteiger partial charge in [-0.15, -0.1) is 0 Å². The van der Waals surface area contributed by atoms with E-state index >= 15 is 0 Å². The molecular formula is C26H30FN3O3. The second kappa shape index (κ2) is 9.51. The number of aryl methyl sites for hydroxylation is 1. The SMILES string of the molecule is O=C1CCc2cc([C@@H]3C[C@H]3NCC3CCN(C(=O)OCc4ccccc4)C(F)C3)ccc2N1. The van der Waals surface area contributed by atoms with Gasteiger partial charge in [0, 0.05) is 37.0 Å². The number of rotatable bonds is 6. The van der Waals surface area contributed by atoms with Gasteiger partial charge in [-0.3, -0.25) is 9.69 Å². The number of fused-ring (bicyclic) bond motifs is 1. The van der Waals surface area contributed by atoms with Gasteiger partial charge in [0.1, 0.15) is 6.61 Å². The van der Waals surface area contributed by atoms with Crippen LogP contribution in [0.5, 0.6) is 0 Å². The zero-order valence-corrected chi connectivity index (χ0v) is 18.6. The van der Waals surface area contributed by atoms with Crippen LogP contribution in [0, 0.1) is 5.92 Å². The minimum atomic E-state index is -1.31. The molecule has 5 rings (SSSR count). The van der Waals surface area contributed by atoms with Crippen molar-refractivity contribution in [2.24, 2.45) is 5.92 Å². The molecule has 4 atom stereocenters. The molecule has 1 saturated carbocycles. The first kappa shape index (κ1) is 21.9. The summed E-state index contributed by atoms with van der Waals surface area (Å²) in [5.41, 5.74) is 4.34. The largest absolute Gasteiger partial charge is 0.444 e. The summed E-state index contributed by atoms with van der Waals surface area (Å²) >= 11 is 0. The summed E-state index contributed by atoms with van der Waals surface area (Å²) in [7, 11) is 0. The van der Waals surface area contributed by atoms with Gasteiger partial charge in [0.15, 0.2) is 6.30 Å². The summed E-state index contributed by atoms with van der Waals surface area (Å²) in [5.74, 6) is 0.767. The van der Waals surface area contributed by atoms with Crippen LogP contribution >= 0.6 is 0 Å². The van der Waals surface area contributed by atoms with E-state index in [1.807, 2.05) is 36.4 Å². The summed E-state index contributed by atoms with van der Waals surface area (Å²) in [5, 5.41) is 6.53. The van der Waals surface area contributed by atoms with Crippen molar-refractivity contribution in [3.05, 3.63) is 65.2 Å². The van der Waals surface area contributed by atoms with Gasteiger partial charge in [0.25, 0.3) is 0 Å². The molecule has 7 heteroatoms. The standard InChI is InChI=1S/C26H30FN3O3/c27-24-12-18(10-11-30(24)26(32)33-16-17-4-2-1-3-5-17)15-28-23-14-21(23)19-6-8-22-20(13-19)7-9-25(31)29-22/h1-6,8,13,18,21,23-24,28H,7,9-12,14-16H2,(H,29,31)/t18?,21-,23+,24?/m0/s1. The normalized spacial score (nSPS) is 26.3. The Bertz CT molecular complexity index is 1020. The Kier molecular flexibility index (Phi) is 6.31. The van der Waals surface area contributed by atoms with Gasteiger partial charge in [0.2, 0.25) is 5.91 Å². The number of anilines is 1. The molecule has 2 fully saturated rings. The number of nitrogens with one attached hydrogen (secondary N) is 2. The van der Waals surface area contributed by atoms with E-state index in [2.05, 4.69) is 22.8 Å². The molecule has 0 aromatic heterocycles. The maximum Gasteiger partial charge on any atom is 0.412 e. The number of carbonyl (C=O) groups is 2. The lowest BCUT2D eigenvalue weighted by Crippen LogP contribution is -2.46. The zero-order chi connectivity index (χ0) is 22.8. The first-order valence-corrected chi connectivity index (χ1v) is 11.8. The third-order valence-electron chi connectivity index (χ3n) is 7.00. The van der Waals surface area contributed by atoms with Crippen LogP contribution in [0.2, 0.25) is 0 Å². The summed E-state index contributed by atoms with van der Waals surface area (Å²) in [6, 6.07) is 16.2. The maximum absolute atomic E-state index is 14.7. The topological polar surface area (TPSA) is 70.7 Å². The van der Waals surface area contributed by atoms with E-state index in [0.29, 0.717) is 31.3 Å². The van der Waals surface area contributed by atoms with Crippen LogP contribution in [-0.2, 0) is 22.6 Å². The van der Waals surface area contributed by atoms with Crippen LogP contribution in [0.15, 0.2) is 48.5 Å². The van der Waals surface area contributed by atoms with E-state index in [4.69, 9.17) is 4.74 Å². The average molecular weight is 452 g/mol. The van der Waals surface area contributed by atoms with Crippen LogP contribution in [0.4, 0.5) is 14.9 Å². The molecule has 2 aromatic rings. The van der Waals surface area contributed by atoms with E-state index < -0.39 is 12.4 Å². The molecule has 6 nitrogen and oxygen atoms in total. The number of halogens is 1. The highest BCUT2D eigenvalue weighted by atomic mass is 19.1. The van der Waals surface area contributed by atoms with Gasteiger partial charge in [0.05, 0.1) is 0 Å². The van der Waals surface area contributed by atoms with Gasteiger partial charge in [-0.1, -0.05) is 42.5 Å². The average Bonchev–Trinajstić information content (AvgIpc) is 3.61. The molecule has 2 N–H and O–H groups in total. The Morgan fingerprint density at radius 3 is 2.82 bits per heavy atom. The van der Waals surface area contributed by atoms with E-state index in [1.54, 1.807) is 0 Å². The Hall–Kier alpha value is -2.93. The lowest BCUT2D eigenvalue weighted by Gasteiger charge is -2.34.